The van der Waals surface area contributed by atoms with Crippen LogP contribution < -0.4 is 0 Å². The first-order valence-electron chi connectivity index (χ1n) is 11.7. The smallest absolute Gasteiger partial charge is 0.134 e. The molecular formula is C29H28O2. The number of allylic oxidation sites excluding steroid dienone is 3. The number of hydrogen-bond acceptors (Lipinski definition) is 2. The zero-order valence-corrected chi connectivity index (χ0v) is 17.9. The maximum absolute atomic E-state index is 13.0. The minimum absolute atomic E-state index is 0.163. The number of benzene rings is 2. The van der Waals surface area contributed by atoms with Crippen LogP contribution in [0.15, 0.2) is 66.3 Å². The molecule has 6 rings (SSSR count). The Kier molecular flexibility index (Phi) is 4.21. The molecule has 0 bridgehead atoms. The summed E-state index contributed by atoms with van der Waals surface area (Å²) < 4.78 is 0. The fourth-order valence-corrected chi connectivity index (χ4v) is 6.92. The number of ketones is 2. The molecule has 2 fully saturated rings. The van der Waals surface area contributed by atoms with Gasteiger partial charge >= 0.3 is 0 Å². The number of carbonyl (C=O) groups excluding carboxylic acids is 2. The lowest BCUT2D eigenvalue weighted by molar-refractivity contribution is -0.123. The Morgan fingerprint density at radius 2 is 1.61 bits per heavy atom. The molecule has 2 spiro atoms. The highest BCUT2D eigenvalue weighted by Crippen LogP contribution is 2.52. The van der Waals surface area contributed by atoms with E-state index in [4.69, 9.17) is 0 Å². The standard InChI is InChI=1S/C29H28O2/c30-24-8-5-12-28(18-24)16-22(14-21-7-2-4-10-27(21)28)23-15-25(31)19-29(17-23)13-11-20-6-1-3-9-26(20)29/h1-4,6-7,9-11,13,16,23H,5,8,12,14-15,17-19H2. The summed E-state index contributed by atoms with van der Waals surface area (Å²) in [5.74, 6) is 0.993. The van der Waals surface area contributed by atoms with Crippen molar-refractivity contribution in [3.63, 3.8) is 0 Å². The fraction of sp³-hybridized carbons (Fsp3) is 0.379. The van der Waals surface area contributed by atoms with Gasteiger partial charge < -0.3 is 0 Å². The zero-order chi connectivity index (χ0) is 21.1. The molecule has 0 aromatic heterocycles. The molecule has 3 unspecified atom stereocenters. The van der Waals surface area contributed by atoms with Gasteiger partial charge in [-0.05, 0) is 53.9 Å². The van der Waals surface area contributed by atoms with Gasteiger partial charge in [0, 0.05) is 36.5 Å². The first-order valence-corrected chi connectivity index (χ1v) is 11.7. The Labute approximate surface area is 184 Å². The molecule has 0 radical (unpaired) electrons. The fourth-order valence-electron chi connectivity index (χ4n) is 6.92. The van der Waals surface area contributed by atoms with E-state index in [1.165, 1.54) is 27.8 Å². The minimum atomic E-state index is -0.170. The number of fused-ring (bicyclic) bond motifs is 4. The number of carbonyl (C=O) groups is 2. The van der Waals surface area contributed by atoms with Crippen LogP contribution in [-0.2, 0) is 26.8 Å². The van der Waals surface area contributed by atoms with E-state index in [0.29, 0.717) is 37.2 Å². The summed E-state index contributed by atoms with van der Waals surface area (Å²) in [6.45, 7) is 0. The highest BCUT2D eigenvalue weighted by molar-refractivity contribution is 5.85. The zero-order valence-electron chi connectivity index (χ0n) is 17.9. The van der Waals surface area contributed by atoms with E-state index in [0.717, 1.165) is 25.7 Å². The van der Waals surface area contributed by atoms with E-state index in [9.17, 15) is 9.59 Å². The lowest BCUT2D eigenvalue weighted by Gasteiger charge is -2.43. The van der Waals surface area contributed by atoms with Crippen LogP contribution in [0.3, 0.4) is 0 Å². The van der Waals surface area contributed by atoms with E-state index in [2.05, 4.69) is 66.8 Å². The Balaban J connectivity index is 1.41. The highest BCUT2D eigenvalue weighted by Gasteiger charge is 2.46. The minimum Gasteiger partial charge on any atom is -0.300 e. The van der Waals surface area contributed by atoms with Crippen LogP contribution in [0.4, 0.5) is 0 Å². The molecule has 0 amide bonds. The summed E-state index contributed by atoms with van der Waals surface area (Å²) >= 11 is 0. The summed E-state index contributed by atoms with van der Waals surface area (Å²) in [5, 5.41) is 0. The first kappa shape index (κ1) is 19.0. The van der Waals surface area contributed by atoms with Crippen LogP contribution >= 0.6 is 0 Å². The third-order valence-corrected chi connectivity index (χ3v) is 8.20. The first-order chi connectivity index (χ1) is 15.1. The van der Waals surface area contributed by atoms with Gasteiger partial charge in [-0.2, -0.15) is 0 Å². The molecule has 2 nitrogen and oxygen atoms in total. The van der Waals surface area contributed by atoms with Crippen LogP contribution in [0, 0.1) is 5.92 Å². The van der Waals surface area contributed by atoms with Gasteiger partial charge in [0.2, 0.25) is 0 Å². The van der Waals surface area contributed by atoms with Crippen molar-refractivity contribution in [1.29, 1.82) is 0 Å². The average Bonchev–Trinajstić information content (AvgIpc) is 3.11. The van der Waals surface area contributed by atoms with Crippen molar-refractivity contribution >= 4 is 17.6 Å². The molecule has 2 heteroatoms. The van der Waals surface area contributed by atoms with Crippen molar-refractivity contribution in [1.82, 2.24) is 0 Å². The summed E-state index contributed by atoms with van der Waals surface area (Å²) in [6.07, 6.45) is 13.4. The SMILES string of the molecule is O=C1CC(C2=CC3(CCCC(=O)C3)c3ccccc3C2)CC2(C=Cc3ccccc32)C1. The number of hydrogen-bond donors (Lipinski definition) is 0. The topological polar surface area (TPSA) is 34.1 Å². The van der Waals surface area contributed by atoms with Crippen molar-refractivity contribution in [2.24, 2.45) is 5.92 Å². The molecule has 4 aliphatic rings. The second kappa shape index (κ2) is 6.88. The summed E-state index contributed by atoms with van der Waals surface area (Å²) in [6, 6.07) is 17.2. The maximum atomic E-state index is 13.0. The van der Waals surface area contributed by atoms with E-state index in [-0.39, 0.29) is 16.7 Å². The van der Waals surface area contributed by atoms with Crippen molar-refractivity contribution in [3.05, 3.63) is 88.5 Å². The van der Waals surface area contributed by atoms with Crippen molar-refractivity contribution in [3.8, 4) is 0 Å². The molecular weight excluding hydrogens is 380 g/mol. The molecule has 31 heavy (non-hydrogen) atoms. The van der Waals surface area contributed by atoms with Gasteiger partial charge in [0.05, 0.1) is 0 Å². The van der Waals surface area contributed by atoms with Gasteiger partial charge in [-0.25, -0.2) is 0 Å². The summed E-state index contributed by atoms with van der Waals surface area (Å²) in [5.41, 5.74) is 6.32. The van der Waals surface area contributed by atoms with Gasteiger partial charge in [0.15, 0.2) is 0 Å². The van der Waals surface area contributed by atoms with Crippen LogP contribution in [-0.4, -0.2) is 11.6 Å². The van der Waals surface area contributed by atoms with Gasteiger partial charge in [-0.3, -0.25) is 9.59 Å². The van der Waals surface area contributed by atoms with Gasteiger partial charge in [0.1, 0.15) is 11.6 Å². The molecule has 0 saturated heterocycles. The maximum Gasteiger partial charge on any atom is 0.134 e. The predicted molar refractivity (Wildman–Crippen MR) is 123 cm³/mol. The number of Topliss-reactive ketones (excluding diaryl/α,β-unsaturated/α-hetero) is 2. The van der Waals surface area contributed by atoms with Crippen molar-refractivity contribution in [2.45, 2.75) is 62.2 Å². The average molecular weight is 409 g/mol. The van der Waals surface area contributed by atoms with Crippen molar-refractivity contribution < 1.29 is 9.59 Å². The van der Waals surface area contributed by atoms with Crippen LogP contribution in [0.2, 0.25) is 0 Å². The van der Waals surface area contributed by atoms with Crippen molar-refractivity contribution in [2.75, 3.05) is 0 Å². The molecule has 3 atom stereocenters. The molecule has 0 aliphatic heterocycles. The Morgan fingerprint density at radius 3 is 2.48 bits per heavy atom. The van der Waals surface area contributed by atoms with Crippen LogP contribution in [0.1, 0.15) is 67.2 Å². The lowest BCUT2D eigenvalue weighted by Crippen LogP contribution is -2.39. The highest BCUT2D eigenvalue weighted by atomic mass is 16.1. The second-order valence-corrected chi connectivity index (χ2v) is 10.2. The predicted octanol–water partition coefficient (Wildman–Crippen LogP) is 5.88. The van der Waals surface area contributed by atoms with E-state index in [1.807, 2.05) is 0 Å². The third kappa shape index (κ3) is 2.99. The Bertz CT molecular complexity index is 1150. The second-order valence-electron chi connectivity index (χ2n) is 10.2. The van der Waals surface area contributed by atoms with E-state index < -0.39 is 0 Å². The quantitative estimate of drug-likeness (QED) is 0.552. The molecule has 0 N–H and O–H groups in total. The Morgan fingerprint density at radius 1 is 0.839 bits per heavy atom. The molecule has 0 heterocycles. The summed E-state index contributed by atoms with van der Waals surface area (Å²) in [4.78, 5) is 25.6. The van der Waals surface area contributed by atoms with Gasteiger partial charge in [-0.15, -0.1) is 0 Å². The van der Waals surface area contributed by atoms with Crippen LogP contribution in [0.25, 0.3) is 6.08 Å². The largest absolute Gasteiger partial charge is 0.300 e. The monoisotopic (exact) mass is 408 g/mol. The normalized spacial score (nSPS) is 31.6. The number of rotatable bonds is 1. The molecule has 4 aliphatic carbocycles. The molecule has 2 aromatic carbocycles. The van der Waals surface area contributed by atoms with E-state index >= 15 is 0 Å². The molecule has 2 aromatic rings. The molecule has 156 valence electrons. The van der Waals surface area contributed by atoms with Gasteiger partial charge in [0.25, 0.3) is 0 Å². The molecule has 2 saturated carbocycles. The van der Waals surface area contributed by atoms with E-state index in [1.54, 1.807) is 0 Å². The Hall–Kier alpha value is -2.74. The third-order valence-electron chi connectivity index (χ3n) is 8.20. The van der Waals surface area contributed by atoms with Crippen LogP contribution in [0.5, 0.6) is 0 Å². The lowest BCUT2D eigenvalue weighted by atomic mass is 9.59. The summed E-state index contributed by atoms with van der Waals surface area (Å²) in [7, 11) is 0. The van der Waals surface area contributed by atoms with Gasteiger partial charge in [-0.1, -0.05) is 72.3 Å².